The van der Waals surface area contributed by atoms with Crippen LogP contribution in [0.15, 0.2) is 35.2 Å². The number of carbonyl (C=O) groups excluding carboxylic acids is 1. The van der Waals surface area contributed by atoms with Crippen LogP contribution in [0.2, 0.25) is 0 Å². The Morgan fingerprint density at radius 2 is 2.14 bits per heavy atom. The molecule has 0 aliphatic carbocycles. The van der Waals surface area contributed by atoms with Gasteiger partial charge in [0.25, 0.3) is 0 Å². The van der Waals surface area contributed by atoms with Gasteiger partial charge >= 0.3 is 5.97 Å². The molecule has 1 aromatic heterocycles. The van der Waals surface area contributed by atoms with Crippen LogP contribution in [-0.2, 0) is 16.1 Å². The molecule has 0 N–H and O–H groups in total. The van der Waals surface area contributed by atoms with Crippen molar-refractivity contribution in [1.29, 1.82) is 5.26 Å². The molecule has 0 unspecified atom stereocenters. The Morgan fingerprint density at radius 1 is 1.41 bits per heavy atom. The Balaban J connectivity index is 2.02. The zero-order chi connectivity index (χ0) is 15.9. The summed E-state index contributed by atoms with van der Waals surface area (Å²) in [5.74, 6) is 0.0427. The maximum absolute atomic E-state index is 11.3. The number of carbonyl (C=O) groups is 1. The molecule has 112 valence electrons. The van der Waals surface area contributed by atoms with E-state index in [-0.39, 0.29) is 5.57 Å². The number of methoxy groups -OCH3 is 1. The van der Waals surface area contributed by atoms with Crippen molar-refractivity contribution in [1.82, 2.24) is 4.98 Å². The quantitative estimate of drug-likeness (QED) is 0.482. The van der Waals surface area contributed by atoms with Gasteiger partial charge in [-0.2, -0.15) is 5.26 Å². The first-order valence-corrected chi connectivity index (χ1v) is 7.34. The lowest BCUT2D eigenvalue weighted by Crippen LogP contribution is -2.02. The molecule has 0 saturated carbocycles. The highest BCUT2D eigenvalue weighted by atomic mass is 32.1. The first-order chi connectivity index (χ1) is 10.6. The highest BCUT2D eigenvalue weighted by molar-refractivity contribution is 7.09. The molecule has 2 rings (SSSR count). The van der Waals surface area contributed by atoms with Crippen LogP contribution in [0.25, 0.3) is 6.08 Å². The maximum atomic E-state index is 11.3. The van der Waals surface area contributed by atoms with Gasteiger partial charge in [0.1, 0.15) is 24.0 Å². The molecule has 0 aliphatic heterocycles. The maximum Gasteiger partial charge on any atom is 0.348 e. The van der Waals surface area contributed by atoms with E-state index in [1.54, 1.807) is 35.6 Å². The Hall–Kier alpha value is -2.65. The van der Waals surface area contributed by atoms with Gasteiger partial charge < -0.3 is 9.47 Å². The topological polar surface area (TPSA) is 72.2 Å². The summed E-state index contributed by atoms with van der Waals surface area (Å²) in [6.07, 6.45) is 1.47. The number of hydrogen-bond donors (Lipinski definition) is 0. The molecule has 0 bridgehead atoms. The van der Waals surface area contributed by atoms with Crippen LogP contribution < -0.4 is 4.74 Å². The van der Waals surface area contributed by atoms with E-state index >= 15 is 0 Å². The molecule has 2 aromatic rings. The van der Waals surface area contributed by atoms with Gasteiger partial charge in [0.15, 0.2) is 0 Å². The minimum Gasteiger partial charge on any atom is -0.487 e. The third-order valence-electron chi connectivity index (χ3n) is 2.77. The molecule has 0 saturated heterocycles. The molecule has 22 heavy (non-hydrogen) atoms. The first kappa shape index (κ1) is 15.7. The van der Waals surface area contributed by atoms with Crippen molar-refractivity contribution in [2.45, 2.75) is 13.5 Å². The fourth-order valence-corrected chi connectivity index (χ4v) is 2.30. The number of nitriles is 1. The second-order valence-electron chi connectivity index (χ2n) is 4.38. The fourth-order valence-electron chi connectivity index (χ4n) is 1.71. The Bertz CT molecular complexity index is 727. The van der Waals surface area contributed by atoms with Crippen molar-refractivity contribution < 1.29 is 14.3 Å². The number of benzene rings is 1. The van der Waals surface area contributed by atoms with Crippen molar-refractivity contribution in [3.63, 3.8) is 0 Å². The van der Waals surface area contributed by atoms with Crippen LogP contribution in [0.1, 0.15) is 16.3 Å². The largest absolute Gasteiger partial charge is 0.487 e. The minimum atomic E-state index is -0.651. The van der Waals surface area contributed by atoms with Gasteiger partial charge in [-0.1, -0.05) is 12.1 Å². The van der Waals surface area contributed by atoms with Crippen LogP contribution in [0.4, 0.5) is 0 Å². The molecule has 0 atom stereocenters. The van der Waals surface area contributed by atoms with Crippen molar-refractivity contribution in [2.75, 3.05) is 7.11 Å². The third-order valence-corrected chi connectivity index (χ3v) is 3.59. The van der Waals surface area contributed by atoms with E-state index in [0.29, 0.717) is 12.4 Å². The summed E-state index contributed by atoms with van der Waals surface area (Å²) in [7, 11) is 1.24. The summed E-state index contributed by atoms with van der Waals surface area (Å²) in [4.78, 5) is 15.7. The lowest BCUT2D eigenvalue weighted by atomic mass is 10.1. The normalized spacial score (nSPS) is 10.9. The van der Waals surface area contributed by atoms with Gasteiger partial charge in [-0.3, -0.25) is 0 Å². The number of aromatic nitrogens is 1. The van der Waals surface area contributed by atoms with E-state index in [1.807, 2.05) is 18.4 Å². The summed E-state index contributed by atoms with van der Waals surface area (Å²) in [6.45, 7) is 2.36. The zero-order valence-corrected chi connectivity index (χ0v) is 13.0. The lowest BCUT2D eigenvalue weighted by molar-refractivity contribution is -0.135. The molecule has 5 nitrogen and oxygen atoms in total. The van der Waals surface area contributed by atoms with Crippen LogP contribution in [0, 0.1) is 18.3 Å². The third kappa shape index (κ3) is 4.17. The van der Waals surface area contributed by atoms with Gasteiger partial charge in [-0.25, -0.2) is 9.78 Å². The van der Waals surface area contributed by atoms with Crippen molar-refractivity contribution in [3.8, 4) is 11.8 Å². The summed E-state index contributed by atoms with van der Waals surface area (Å²) >= 11 is 1.58. The minimum absolute atomic E-state index is 0.0471. The van der Waals surface area contributed by atoms with Crippen molar-refractivity contribution in [2.24, 2.45) is 0 Å². The molecule has 0 spiro atoms. The van der Waals surface area contributed by atoms with Crippen molar-refractivity contribution in [3.05, 3.63) is 51.5 Å². The van der Waals surface area contributed by atoms with Crippen LogP contribution in [0.5, 0.6) is 5.75 Å². The van der Waals surface area contributed by atoms with E-state index < -0.39 is 5.97 Å². The SMILES string of the molecule is COC(=O)/C(C#N)=C/c1ccc(OCc2csc(C)n2)cc1. The van der Waals surface area contributed by atoms with Gasteiger partial charge in [0, 0.05) is 5.38 Å². The highest BCUT2D eigenvalue weighted by Crippen LogP contribution is 2.17. The average Bonchev–Trinajstić information content (AvgIpc) is 2.96. The number of thiazole rings is 1. The van der Waals surface area contributed by atoms with Gasteiger partial charge in [0.2, 0.25) is 0 Å². The smallest absolute Gasteiger partial charge is 0.348 e. The monoisotopic (exact) mass is 314 g/mol. The number of nitrogens with zero attached hydrogens (tertiary/aromatic N) is 2. The number of aryl methyl sites for hydroxylation is 1. The fraction of sp³-hybridized carbons (Fsp3) is 0.188. The predicted octanol–water partition coefficient (Wildman–Crippen LogP) is 3.11. The highest BCUT2D eigenvalue weighted by Gasteiger charge is 2.08. The second kappa shape index (κ2) is 7.38. The Morgan fingerprint density at radius 3 is 2.68 bits per heavy atom. The van der Waals surface area contributed by atoms with E-state index in [1.165, 1.54) is 13.2 Å². The Labute approximate surface area is 132 Å². The van der Waals surface area contributed by atoms with Crippen LogP contribution in [0.3, 0.4) is 0 Å². The van der Waals surface area contributed by atoms with E-state index in [4.69, 9.17) is 10.00 Å². The van der Waals surface area contributed by atoms with Crippen LogP contribution >= 0.6 is 11.3 Å². The molecule has 0 amide bonds. The first-order valence-electron chi connectivity index (χ1n) is 6.46. The number of hydrogen-bond acceptors (Lipinski definition) is 6. The molecule has 0 aliphatic rings. The molecule has 1 heterocycles. The molecule has 1 aromatic carbocycles. The summed E-state index contributed by atoms with van der Waals surface area (Å²) in [5.41, 5.74) is 1.57. The number of rotatable bonds is 5. The molecule has 0 radical (unpaired) electrons. The van der Waals surface area contributed by atoms with E-state index in [0.717, 1.165) is 16.3 Å². The van der Waals surface area contributed by atoms with Gasteiger partial charge in [-0.15, -0.1) is 11.3 Å². The number of esters is 1. The summed E-state index contributed by atoms with van der Waals surface area (Å²) in [5, 5.41) is 11.9. The van der Waals surface area contributed by atoms with E-state index in [2.05, 4.69) is 9.72 Å². The van der Waals surface area contributed by atoms with Gasteiger partial charge in [-0.05, 0) is 30.7 Å². The predicted molar refractivity (Wildman–Crippen MR) is 83.2 cm³/mol. The van der Waals surface area contributed by atoms with Crippen LogP contribution in [-0.4, -0.2) is 18.1 Å². The molecular formula is C16H14N2O3S. The summed E-state index contributed by atoms with van der Waals surface area (Å²) < 4.78 is 10.2. The lowest BCUT2D eigenvalue weighted by Gasteiger charge is -2.04. The second-order valence-corrected chi connectivity index (χ2v) is 5.44. The average molecular weight is 314 g/mol. The van der Waals surface area contributed by atoms with Gasteiger partial charge in [0.05, 0.1) is 17.8 Å². The molecule has 6 heteroatoms. The van der Waals surface area contributed by atoms with Crippen molar-refractivity contribution >= 4 is 23.4 Å². The Kier molecular flexibility index (Phi) is 5.28. The number of ether oxygens (including phenoxy) is 2. The standard InChI is InChI=1S/C16H14N2O3S/c1-11-18-14(10-22-11)9-21-15-5-3-12(4-6-15)7-13(8-17)16(19)20-2/h3-7,10H,9H2,1-2H3/b13-7+. The van der Waals surface area contributed by atoms with E-state index in [9.17, 15) is 4.79 Å². The molecular weight excluding hydrogens is 300 g/mol. The summed E-state index contributed by atoms with van der Waals surface area (Å²) in [6, 6.07) is 8.89. The zero-order valence-electron chi connectivity index (χ0n) is 12.2. The molecule has 0 fully saturated rings.